The third-order valence-corrected chi connectivity index (χ3v) is 2.90. The van der Waals surface area contributed by atoms with E-state index in [1.807, 2.05) is 24.3 Å². The minimum absolute atomic E-state index is 0.0121. The molecule has 0 bridgehead atoms. The maximum absolute atomic E-state index is 11.7. The van der Waals surface area contributed by atoms with Crippen LogP contribution in [0.1, 0.15) is 37.3 Å². The van der Waals surface area contributed by atoms with Crippen molar-refractivity contribution in [2.24, 2.45) is 5.73 Å². The second-order valence-corrected chi connectivity index (χ2v) is 4.78. The van der Waals surface area contributed by atoms with Crippen LogP contribution in [-0.4, -0.2) is 19.1 Å². The summed E-state index contributed by atoms with van der Waals surface area (Å²) in [6.45, 7) is 3.19. The fourth-order valence-corrected chi connectivity index (χ4v) is 1.98. The number of amides is 1. The Bertz CT molecular complexity index is 393. The van der Waals surface area contributed by atoms with E-state index in [2.05, 4.69) is 12.2 Å². The highest BCUT2D eigenvalue weighted by Crippen LogP contribution is 2.06. The largest absolute Gasteiger partial charge is 0.380 e. The Hall–Kier alpha value is -1.39. The topological polar surface area (TPSA) is 64.4 Å². The molecule has 0 aromatic heterocycles. The lowest BCUT2D eigenvalue weighted by atomic mass is 10.1. The highest BCUT2D eigenvalue weighted by molar-refractivity contribution is 5.76. The van der Waals surface area contributed by atoms with E-state index in [0.29, 0.717) is 19.6 Å². The van der Waals surface area contributed by atoms with Crippen molar-refractivity contribution >= 4 is 5.91 Å². The first-order valence-corrected chi connectivity index (χ1v) is 6.74. The number of nitrogens with two attached hydrogens (primary N) is 1. The van der Waals surface area contributed by atoms with Crippen molar-refractivity contribution in [3.05, 3.63) is 35.4 Å². The average molecular weight is 264 g/mol. The SMILES string of the molecule is CCCC(N)CC(=O)NCc1cccc(COC)c1. The van der Waals surface area contributed by atoms with E-state index in [4.69, 9.17) is 10.5 Å². The maximum Gasteiger partial charge on any atom is 0.221 e. The summed E-state index contributed by atoms with van der Waals surface area (Å²) in [5.74, 6) is 0.0121. The second-order valence-electron chi connectivity index (χ2n) is 4.78. The maximum atomic E-state index is 11.7. The Labute approximate surface area is 115 Å². The molecule has 19 heavy (non-hydrogen) atoms. The van der Waals surface area contributed by atoms with Crippen LogP contribution in [0.5, 0.6) is 0 Å². The van der Waals surface area contributed by atoms with E-state index in [1.54, 1.807) is 7.11 Å². The molecule has 0 aliphatic heterocycles. The summed E-state index contributed by atoms with van der Waals surface area (Å²) in [4.78, 5) is 11.7. The number of carbonyl (C=O) groups is 1. The zero-order valence-corrected chi connectivity index (χ0v) is 11.8. The Morgan fingerprint density at radius 2 is 2.16 bits per heavy atom. The van der Waals surface area contributed by atoms with Gasteiger partial charge in [0.25, 0.3) is 0 Å². The molecule has 0 heterocycles. The first-order valence-electron chi connectivity index (χ1n) is 6.74. The Balaban J connectivity index is 2.39. The molecule has 0 aliphatic carbocycles. The monoisotopic (exact) mass is 264 g/mol. The van der Waals surface area contributed by atoms with Crippen LogP contribution in [0.25, 0.3) is 0 Å². The Morgan fingerprint density at radius 1 is 1.42 bits per heavy atom. The van der Waals surface area contributed by atoms with Gasteiger partial charge in [0.15, 0.2) is 0 Å². The molecule has 0 fully saturated rings. The van der Waals surface area contributed by atoms with Crippen LogP contribution >= 0.6 is 0 Å². The molecule has 1 aromatic rings. The van der Waals surface area contributed by atoms with Gasteiger partial charge in [-0.05, 0) is 17.5 Å². The number of ether oxygens (including phenoxy) is 1. The first-order chi connectivity index (χ1) is 9.15. The molecule has 1 amide bonds. The van der Waals surface area contributed by atoms with Gasteiger partial charge in [-0.2, -0.15) is 0 Å². The van der Waals surface area contributed by atoms with Crippen LogP contribution in [0.3, 0.4) is 0 Å². The van der Waals surface area contributed by atoms with Gasteiger partial charge in [-0.1, -0.05) is 37.6 Å². The van der Waals surface area contributed by atoms with Crippen LogP contribution in [0.2, 0.25) is 0 Å². The summed E-state index contributed by atoms with van der Waals surface area (Å²) >= 11 is 0. The van der Waals surface area contributed by atoms with Crippen LogP contribution in [-0.2, 0) is 22.7 Å². The zero-order valence-electron chi connectivity index (χ0n) is 11.8. The van der Waals surface area contributed by atoms with Crippen LogP contribution < -0.4 is 11.1 Å². The molecule has 1 unspecified atom stereocenters. The van der Waals surface area contributed by atoms with E-state index in [-0.39, 0.29) is 11.9 Å². The molecule has 0 spiro atoms. The average Bonchev–Trinajstić information content (AvgIpc) is 2.37. The molecule has 1 rings (SSSR count). The second kappa shape index (κ2) is 8.67. The summed E-state index contributed by atoms with van der Waals surface area (Å²) in [5.41, 5.74) is 8.02. The molecule has 3 N–H and O–H groups in total. The fraction of sp³-hybridized carbons (Fsp3) is 0.533. The van der Waals surface area contributed by atoms with Crippen molar-refractivity contribution in [3.8, 4) is 0 Å². The minimum Gasteiger partial charge on any atom is -0.380 e. The van der Waals surface area contributed by atoms with Crippen molar-refractivity contribution in [2.75, 3.05) is 7.11 Å². The van der Waals surface area contributed by atoms with Crippen molar-refractivity contribution in [2.45, 2.75) is 45.4 Å². The number of rotatable bonds is 8. The Morgan fingerprint density at radius 3 is 2.84 bits per heavy atom. The summed E-state index contributed by atoms with van der Waals surface area (Å²) in [7, 11) is 1.67. The predicted molar refractivity (Wildman–Crippen MR) is 76.5 cm³/mol. The van der Waals surface area contributed by atoms with Gasteiger partial charge < -0.3 is 15.8 Å². The lowest BCUT2D eigenvalue weighted by Crippen LogP contribution is -2.31. The van der Waals surface area contributed by atoms with Crippen molar-refractivity contribution in [1.82, 2.24) is 5.32 Å². The van der Waals surface area contributed by atoms with Gasteiger partial charge in [-0.3, -0.25) is 4.79 Å². The van der Waals surface area contributed by atoms with Gasteiger partial charge in [-0.25, -0.2) is 0 Å². The molecule has 0 saturated carbocycles. The van der Waals surface area contributed by atoms with E-state index in [9.17, 15) is 4.79 Å². The van der Waals surface area contributed by atoms with Gasteiger partial charge in [0, 0.05) is 26.1 Å². The quantitative estimate of drug-likeness (QED) is 0.754. The van der Waals surface area contributed by atoms with E-state index in [0.717, 1.165) is 24.0 Å². The van der Waals surface area contributed by atoms with Gasteiger partial charge in [0.2, 0.25) is 5.91 Å². The molecule has 1 atom stereocenters. The summed E-state index contributed by atoms with van der Waals surface area (Å²) in [5, 5.41) is 2.90. The van der Waals surface area contributed by atoms with Crippen LogP contribution in [0.15, 0.2) is 24.3 Å². The van der Waals surface area contributed by atoms with Crippen LogP contribution in [0.4, 0.5) is 0 Å². The molecule has 4 heteroatoms. The number of hydrogen-bond acceptors (Lipinski definition) is 3. The van der Waals surface area contributed by atoms with Crippen molar-refractivity contribution in [3.63, 3.8) is 0 Å². The van der Waals surface area contributed by atoms with Gasteiger partial charge >= 0.3 is 0 Å². The number of hydrogen-bond donors (Lipinski definition) is 2. The van der Waals surface area contributed by atoms with Crippen molar-refractivity contribution < 1.29 is 9.53 Å². The zero-order chi connectivity index (χ0) is 14.1. The minimum atomic E-state index is -0.0372. The van der Waals surface area contributed by atoms with Gasteiger partial charge in [0.1, 0.15) is 0 Å². The molecular formula is C15H24N2O2. The van der Waals surface area contributed by atoms with Gasteiger partial charge in [0.05, 0.1) is 6.61 Å². The molecule has 106 valence electrons. The highest BCUT2D eigenvalue weighted by Gasteiger charge is 2.08. The molecule has 4 nitrogen and oxygen atoms in total. The highest BCUT2D eigenvalue weighted by atomic mass is 16.5. The molecular weight excluding hydrogens is 240 g/mol. The number of methoxy groups -OCH3 is 1. The Kier molecular flexibility index (Phi) is 7.15. The fourth-order valence-electron chi connectivity index (χ4n) is 1.98. The lowest BCUT2D eigenvalue weighted by Gasteiger charge is -2.11. The third-order valence-electron chi connectivity index (χ3n) is 2.90. The van der Waals surface area contributed by atoms with Crippen molar-refractivity contribution in [1.29, 1.82) is 0 Å². The first kappa shape index (κ1) is 15.7. The number of carbonyl (C=O) groups excluding carboxylic acids is 1. The molecule has 1 aromatic carbocycles. The van der Waals surface area contributed by atoms with Crippen LogP contribution in [0, 0.1) is 0 Å². The molecule has 0 aliphatic rings. The summed E-state index contributed by atoms with van der Waals surface area (Å²) in [6, 6.07) is 7.97. The predicted octanol–water partition coefficient (Wildman–Crippen LogP) is 1.97. The summed E-state index contributed by atoms with van der Waals surface area (Å²) < 4.78 is 5.08. The lowest BCUT2D eigenvalue weighted by molar-refractivity contribution is -0.121. The molecule has 0 saturated heterocycles. The van der Waals surface area contributed by atoms with E-state index in [1.165, 1.54) is 0 Å². The standard InChI is InChI=1S/C15H24N2O2/c1-3-5-14(16)9-15(18)17-10-12-6-4-7-13(8-12)11-19-2/h4,6-8,14H,3,5,9-11,16H2,1-2H3,(H,17,18). The van der Waals surface area contributed by atoms with Gasteiger partial charge in [-0.15, -0.1) is 0 Å². The van der Waals surface area contributed by atoms with E-state index >= 15 is 0 Å². The third kappa shape index (κ3) is 6.36. The molecule has 0 radical (unpaired) electrons. The normalized spacial score (nSPS) is 12.2. The smallest absolute Gasteiger partial charge is 0.221 e. The number of nitrogens with one attached hydrogen (secondary N) is 1. The van der Waals surface area contributed by atoms with E-state index < -0.39 is 0 Å². The number of benzene rings is 1. The summed E-state index contributed by atoms with van der Waals surface area (Å²) in [6.07, 6.45) is 2.29.